The molecule has 1 N–H and O–H groups in total. The number of carbonyl (C=O) groups excluding carboxylic acids is 2. The number of anilines is 1. The summed E-state index contributed by atoms with van der Waals surface area (Å²) in [6.07, 6.45) is 7.08. The van der Waals surface area contributed by atoms with Crippen LogP contribution in [0.5, 0.6) is 0 Å². The predicted molar refractivity (Wildman–Crippen MR) is 141 cm³/mol. The zero-order chi connectivity index (χ0) is 25.1. The highest BCUT2D eigenvalue weighted by atomic mass is 16.5. The summed E-state index contributed by atoms with van der Waals surface area (Å²) in [6.45, 7) is 5.23. The molecule has 0 bridgehead atoms. The van der Waals surface area contributed by atoms with Crippen molar-refractivity contribution < 1.29 is 14.3 Å². The van der Waals surface area contributed by atoms with Crippen LogP contribution >= 0.6 is 0 Å². The number of fused-ring (bicyclic) bond motifs is 1. The molecule has 0 radical (unpaired) electrons. The van der Waals surface area contributed by atoms with Gasteiger partial charge in [-0.05, 0) is 88.4 Å². The minimum Gasteiger partial charge on any atom is -0.469 e. The average Bonchev–Trinajstić information content (AvgIpc) is 3.26. The fourth-order valence-electron chi connectivity index (χ4n) is 5.69. The van der Waals surface area contributed by atoms with E-state index in [2.05, 4.69) is 33.0 Å². The molecule has 190 valence electrons. The van der Waals surface area contributed by atoms with Gasteiger partial charge in [-0.3, -0.25) is 19.8 Å². The minimum atomic E-state index is -0.164. The average molecular weight is 489 g/mol. The second-order valence-corrected chi connectivity index (χ2v) is 10.3. The number of likely N-dealkylation sites (tertiary alicyclic amines) is 1. The van der Waals surface area contributed by atoms with Gasteiger partial charge in [-0.2, -0.15) is 0 Å². The Morgan fingerprint density at radius 2 is 1.72 bits per heavy atom. The Morgan fingerprint density at radius 3 is 2.42 bits per heavy atom. The second kappa shape index (κ2) is 10.8. The predicted octanol–water partition coefficient (Wildman–Crippen LogP) is 5.49. The number of aryl methyl sites for hydroxylation is 1. The number of piperidine rings is 1. The summed E-state index contributed by atoms with van der Waals surface area (Å²) in [6, 6.07) is 14.2. The molecule has 0 spiro atoms. The summed E-state index contributed by atoms with van der Waals surface area (Å²) < 4.78 is 7.19. The van der Waals surface area contributed by atoms with Crippen molar-refractivity contribution in [1.82, 2.24) is 14.5 Å². The van der Waals surface area contributed by atoms with Crippen LogP contribution in [0.2, 0.25) is 0 Å². The lowest BCUT2D eigenvalue weighted by molar-refractivity contribution is -0.146. The molecule has 36 heavy (non-hydrogen) atoms. The summed E-state index contributed by atoms with van der Waals surface area (Å²) in [4.78, 5) is 32.6. The molecular formula is C29H36N4O3. The normalized spacial score (nSPS) is 20.8. The molecule has 1 aromatic heterocycles. The highest BCUT2D eigenvalue weighted by molar-refractivity contribution is 6.04. The second-order valence-electron chi connectivity index (χ2n) is 10.3. The number of aromatic nitrogens is 2. The van der Waals surface area contributed by atoms with Gasteiger partial charge in [-0.25, -0.2) is 4.98 Å². The molecular weight excluding hydrogens is 452 g/mol. The Hall–Kier alpha value is -3.19. The molecule has 0 atom stereocenters. The molecule has 1 saturated carbocycles. The quantitative estimate of drug-likeness (QED) is 0.465. The van der Waals surface area contributed by atoms with E-state index in [1.165, 1.54) is 31.9 Å². The Labute approximate surface area is 212 Å². The number of rotatable bonds is 6. The van der Waals surface area contributed by atoms with Crippen LogP contribution in [-0.2, 0) is 16.1 Å². The van der Waals surface area contributed by atoms with Gasteiger partial charge in [-0.15, -0.1) is 0 Å². The highest BCUT2D eigenvalue weighted by Crippen LogP contribution is 2.37. The third-order valence-electron chi connectivity index (χ3n) is 7.74. The smallest absolute Gasteiger partial charge is 0.308 e. The maximum Gasteiger partial charge on any atom is 0.308 e. The zero-order valence-corrected chi connectivity index (χ0v) is 21.3. The lowest BCUT2D eigenvalue weighted by Crippen LogP contribution is -2.29. The molecule has 2 aliphatic rings. The van der Waals surface area contributed by atoms with Crippen molar-refractivity contribution >= 4 is 28.9 Å². The first-order valence-corrected chi connectivity index (χ1v) is 13.2. The van der Waals surface area contributed by atoms with Crippen molar-refractivity contribution in [3.8, 4) is 0 Å². The lowest BCUT2D eigenvalue weighted by Gasteiger charge is -2.29. The molecule has 7 heteroatoms. The van der Waals surface area contributed by atoms with Crippen LogP contribution in [-0.4, -0.2) is 46.5 Å². The summed E-state index contributed by atoms with van der Waals surface area (Å²) in [5.74, 6) is 0.234. The van der Waals surface area contributed by atoms with Crippen LogP contribution in [0.15, 0.2) is 42.5 Å². The maximum absolute atomic E-state index is 13.1. The number of nitrogens with zero attached hydrogens (tertiary/aromatic N) is 3. The Morgan fingerprint density at radius 1 is 1.00 bits per heavy atom. The topological polar surface area (TPSA) is 76.5 Å². The monoisotopic (exact) mass is 488 g/mol. The van der Waals surface area contributed by atoms with E-state index in [1.54, 1.807) is 0 Å². The third kappa shape index (κ3) is 5.31. The fourth-order valence-corrected chi connectivity index (χ4v) is 5.69. The van der Waals surface area contributed by atoms with E-state index in [4.69, 9.17) is 9.72 Å². The van der Waals surface area contributed by atoms with Crippen molar-refractivity contribution in [2.45, 2.75) is 64.5 Å². The van der Waals surface area contributed by atoms with Gasteiger partial charge in [0.15, 0.2) is 0 Å². The number of nitrogens with one attached hydrogen (secondary N) is 1. The van der Waals surface area contributed by atoms with Crippen LogP contribution in [0.25, 0.3) is 11.0 Å². The van der Waals surface area contributed by atoms with Crippen molar-refractivity contribution in [2.24, 2.45) is 5.92 Å². The molecule has 7 nitrogen and oxygen atoms in total. The number of imidazole rings is 1. The van der Waals surface area contributed by atoms with Crippen molar-refractivity contribution in [3.63, 3.8) is 0 Å². The van der Waals surface area contributed by atoms with E-state index in [1.807, 2.05) is 31.2 Å². The van der Waals surface area contributed by atoms with Gasteiger partial charge in [-0.1, -0.05) is 30.2 Å². The number of benzene rings is 2. The van der Waals surface area contributed by atoms with Crippen LogP contribution in [0, 0.1) is 12.8 Å². The highest BCUT2D eigenvalue weighted by Gasteiger charge is 2.30. The Kier molecular flexibility index (Phi) is 7.37. The summed E-state index contributed by atoms with van der Waals surface area (Å²) in [5, 5.41) is 3.09. The number of hydrogen-bond acceptors (Lipinski definition) is 5. The van der Waals surface area contributed by atoms with Crippen LogP contribution in [0.4, 0.5) is 5.95 Å². The summed E-state index contributed by atoms with van der Waals surface area (Å²) in [5.41, 5.74) is 4.92. The molecule has 1 amide bonds. The third-order valence-corrected chi connectivity index (χ3v) is 7.74. The number of ether oxygens (including phenoxy) is 1. The molecule has 1 aliphatic heterocycles. The Bertz CT molecular complexity index is 1220. The molecule has 1 saturated heterocycles. The first-order valence-electron chi connectivity index (χ1n) is 13.2. The number of hydrogen-bond donors (Lipinski definition) is 1. The molecule has 2 heterocycles. The van der Waals surface area contributed by atoms with E-state index >= 15 is 0 Å². The van der Waals surface area contributed by atoms with E-state index in [9.17, 15) is 9.59 Å². The van der Waals surface area contributed by atoms with Gasteiger partial charge < -0.3 is 9.30 Å². The summed E-state index contributed by atoms with van der Waals surface area (Å²) in [7, 11) is 1.46. The zero-order valence-electron chi connectivity index (χ0n) is 21.3. The van der Waals surface area contributed by atoms with Gasteiger partial charge in [0.25, 0.3) is 5.91 Å². The van der Waals surface area contributed by atoms with Crippen LogP contribution in [0.1, 0.15) is 72.5 Å². The molecule has 1 aliphatic carbocycles. The van der Waals surface area contributed by atoms with E-state index in [-0.39, 0.29) is 23.8 Å². The Balaban J connectivity index is 1.46. The molecule has 2 aromatic carbocycles. The SMILES string of the molecule is COC(=O)[C@H]1CC[C@@H](n2c(NC(=O)c3ccc(C)cc3)nc3ccc(CN4CCCCC4)cc32)CC1. The van der Waals surface area contributed by atoms with E-state index in [0.29, 0.717) is 11.5 Å². The van der Waals surface area contributed by atoms with Crippen LogP contribution in [0.3, 0.4) is 0 Å². The fraction of sp³-hybridized carbons (Fsp3) is 0.483. The number of methoxy groups -OCH3 is 1. The van der Waals surface area contributed by atoms with Crippen molar-refractivity contribution in [2.75, 3.05) is 25.5 Å². The minimum absolute atomic E-state index is 0.0544. The van der Waals surface area contributed by atoms with E-state index in [0.717, 1.165) is 61.9 Å². The van der Waals surface area contributed by atoms with E-state index < -0.39 is 0 Å². The largest absolute Gasteiger partial charge is 0.469 e. The number of carbonyl (C=O) groups is 2. The van der Waals surface area contributed by atoms with Gasteiger partial charge in [0.05, 0.1) is 24.1 Å². The first kappa shape index (κ1) is 24.5. The van der Waals surface area contributed by atoms with Crippen molar-refractivity contribution in [3.05, 3.63) is 59.2 Å². The molecule has 5 rings (SSSR count). The van der Waals surface area contributed by atoms with Gasteiger partial charge in [0, 0.05) is 18.2 Å². The van der Waals surface area contributed by atoms with Gasteiger partial charge in [0.1, 0.15) is 0 Å². The number of amides is 1. The van der Waals surface area contributed by atoms with Gasteiger partial charge >= 0.3 is 5.97 Å². The summed E-state index contributed by atoms with van der Waals surface area (Å²) >= 11 is 0. The standard InChI is InChI=1S/C29H36N4O3/c1-20-6-9-22(10-7-20)27(34)31-29-30-25-15-8-21(19-32-16-4-3-5-17-32)18-26(25)33(29)24-13-11-23(12-14-24)28(35)36-2/h6-10,15,18,23-24H,3-5,11-14,16-17,19H2,1-2H3,(H,30,31,34)/t23-,24+. The molecule has 2 fully saturated rings. The van der Waals surface area contributed by atoms with Crippen molar-refractivity contribution in [1.29, 1.82) is 0 Å². The maximum atomic E-state index is 13.1. The molecule has 3 aromatic rings. The first-order chi connectivity index (χ1) is 17.5. The van der Waals surface area contributed by atoms with Crippen LogP contribution < -0.4 is 5.32 Å². The number of esters is 1. The van der Waals surface area contributed by atoms with Gasteiger partial charge in [0.2, 0.25) is 5.95 Å². The lowest BCUT2D eigenvalue weighted by atomic mass is 9.86. The molecule has 0 unspecified atom stereocenters.